The standard InChI is InChI=1S/C25H28ClF3N2O8S2/c1-40(36,37)30-11-20(32)23(33)25(35)13-3-4-14(25)8-16(7-13)41(38,39)21-6-12(2-5-17(21)26)24(34)31-15-9-18(27)22(29)19(28)10-15/h2,5-6,9-10,13-14,16,20,23,30,32-33,35H,3-4,7-8,11H2,1H3,(H,31,34)/t13?,14?,16-,20?,23?,25-. The zero-order valence-electron chi connectivity index (χ0n) is 21.5. The Morgan fingerprint density at radius 2 is 1.61 bits per heavy atom. The van der Waals surface area contributed by atoms with E-state index in [1.54, 1.807) is 0 Å². The molecule has 0 radical (unpaired) electrons. The average Bonchev–Trinajstić information content (AvgIpc) is 3.04. The lowest BCUT2D eigenvalue weighted by Gasteiger charge is -2.46. The zero-order chi connectivity index (χ0) is 30.5. The van der Waals surface area contributed by atoms with Crippen LogP contribution in [0.2, 0.25) is 5.02 Å². The molecule has 0 heterocycles. The number of benzene rings is 2. The van der Waals surface area contributed by atoms with Gasteiger partial charge in [-0.25, -0.2) is 34.7 Å². The van der Waals surface area contributed by atoms with E-state index in [1.165, 1.54) is 6.07 Å². The van der Waals surface area contributed by atoms with Crippen LogP contribution in [0.5, 0.6) is 0 Å². The van der Waals surface area contributed by atoms with E-state index in [1.807, 2.05) is 0 Å². The summed E-state index contributed by atoms with van der Waals surface area (Å²) in [5.41, 5.74) is -2.48. The number of anilines is 1. The van der Waals surface area contributed by atoms with Crippen LogP contribution in [0.1, 0.15) is 36.0 Å². The second kappa shape index (κ2) is 11.4. The average molecular weight is 641 g/mol. The number of sulfonamides is 1. The molecule has 2 aliphatic rings. The van der Waals surface area contributed by atoms with Crippen molar-refractivity contribution >= 4 is 43.1 Å². The zero-order valence-corrected chi connectivity index (χ0v) is 23.9. The quantitative estimate of drug-likeness (QED) is 0.259. The Labute approximate surface area is 239 Å². The fourth-order valence-corrected chi connectivity index (χ4v) is 8.68. The fraction of sp³-hybridized carbons (Fsp3) is 0.480. The maximum absolute atomic E-state index is 13.7. The highest BCUT2D eigenvalue weighted by molar-refractivity contribution is 7.92. The Morgan fingerprint density at radius 3 is 2.15 bits per heavy atom. The number of carbonyl (C=O) groups is 1. The highest BCUT2D eigenvalue weighted by Gasteiger charge is 2.60. The van der Waals surface area contributed by atoms with Gasteiger partial charge in [-0.3, -0.25) is 4.79 Å². The molecule has 0 aromatic heterocycles. The number of aliphatic hydroxyl groups excluding tert-OH is 2. The van der Waals surface area contributed by atoms with Crippen molar-refractivity contribution in [2.24, 2.45) is 11.8 Å². The predicted octanol–water partition coefficient (Wildman–Crippen LogP) is 1.97. The van der Waals surface area contributed by atoms with Crippen LogP contribution < -0.4 is 10.0 Å². The maximum Gasteiger partial charge on any atom is 0.255 e. The van der Waals surface area contributed by atoms with Gasteiger partial charge in [0.2, 0.25) is 10.0 Å². The first-order chi connectivity index (χ1) is 18.9. The number of amides is 1. The van der Waals surface area contributed by atoms with Gasteiger partial charge in [0.15, 0.2) is 27.3 Å². The normalized spacial score (nSPS) is 26.0. The van der Waals surface area contributed by atoms with Crippen LogP contribution in [0, 0.1) is 29.3 Å². The highest BCUT2D eigenvalue weighted by Crippen LogP contribution is 2.54. The molecular formula is C25H28ClF3N2O8S2. The molecule has 10 nitrogen and oxygen atoms in total. The number of rotatable bonds is 9. The van der Waals surface area contributed by atoms with E-state index in [2.05, 4.69) is 10.0 Å². The number of halogens is 4. The van der Waals surface area contributed by atoms with Crippen LogP contribution in [0.15, 0.2) is 35.2 Å². The third-order valence-corrected chi connectivity index (χ3v) is 11.2. The molecule has 0 aliphatic heterocycles. The van der Waals surface area contributed by atoms with Crippen molar-refractivity contribution in [1.29, 1.82) is 0 Å². The molecule has 4 rings (SSSR count). The molecule has 0 spiro atoms. The van der Waals surface area contributed by atoms with Gasteiger partial charge in [-0.2, -0.15) is 0 Å². The summed E-state index contributed by atoms with van der Waals surface area (Å²) in [5.74, 6) is -7.23. The predicted molar refractivity (Wildman–Crippen MR) is 142 cm³/mol. The first-order valence-corrected chi connectivity index (χ1v) is 16.3. The molecule has 5 N–H and O–H groups in total. The molecular weight excluding hydrogens is 613 g/mol. The van der Waals surface area contributed by atoms with Crippen LogP contribution in [-0.2, 0) is 19.9 Å². The van der Waals surface area contributed by atoms with E-state index in [0.29, 0.717) is 25.0 Å². The summed E-state index contributed by atoms with van der Waals surface area (Å²) in [6.07, 6.45) is -2.07. The van der Waals surface area contributed by atoms with E-state index in [0.717, 1.165) is 18.4 Å². The Kier molecular flexibility index (Phi) is 8.83. The number of nitrogens with one attached hydrogen (secondary N) is 2. The number of fused-ring (bicyclic) bond motifs is 2. The molecule has 41 heavy (non-hydrogen) atoms. The molecule has 1 amide bonds. The number of carbonyl (C=O) groups excluding carboxylic acids is 1. The van der Waals surface area contributed by atoms with Gasteiger partial charge >= 0.3 is 0 Å². The van der Waals surface area contributed by atoms with Gasteiger partial charge in [0.05, 0.1) is 33.1 Å². The van der Waals surface area contributed by atoms with Crippen LogP contribution in [0.3, 0.4) is 0 Å². The molecule has 16 heteroatoms. The number of hydrogen-bond acceptors (Lipinski definition) is 8. The van der Waals surface area contributed by atoms with Gasteiger partial charge < -0.3 is 20.6 Å². The highest BCUT2D eigenvalue weighted by atomic mass is 35.5. The number of hydrogen-bond donors (Lipinski definition) is 5. The smallest absolute Gasteiger partial charge is 0.255 e. The Hall–Kier alpha value is -2.27. The molecule has 0 saturated heterocycles. The summed E-state index contributed by atoms with van der Waals surface area (Å²) >= 11 is 6.20. The van der Waals surface area contributed by atoms with Crippen molar-refractivity contribution in [3.63, 3.8) is 0 Å². The van der Waals surface area contributed by atoms with E-state index in [4.69, 9.17) is 11.6 Å². The molecule has 2 saturated carbocycles. The Balaban J connectivity index is 1.54. The van der Waals surface area contributed by atoms with E-state index < -0.39 is 95.2 Å². The van der Waals surface area contributed by atoms with Crippen LogP contribution in [-0.4, -0.2) is 73.9 Å². The van der Waals surface area contributed by atoms with Crippen molar-refractivity contribution in [3.8, 4) is 0 Å². The second-order valence-electron chi connectivity index (χ2n) is 10.5. The Morgan fingerprint density at radius 1 is 1.05 bits per heavy atom. The van der Waals surface area contributed by atoms with Crippen LogP contribution in [0.25, 0.3) is 0 Å². The van der Waals surface area contributed by atoms with Gasteiger partial charge in [0.25, 0.3) is 5.91 Å². The minimum Gasteiger partial charge on any atom is -0.389 e. The van der Waals surface area contributed by atoms with Crippen molar-refractivity contribution in [3.05, 3.63) is 58.4 Å². The lowest BCUT2D eigenvalue weighted by Crippen LogP contribution is -2.60. The first-order valence-electron chi connectivity index (χ1n) is 12.5. The summed E-state index contributed by atoms with van der Waals surface area (Å²) in [5, 5.41) is 33.5. The molecule has 226 valence electrons. The van der Waals surface area contributed by atoms with E-state index >= 15 is 0 Å². The van der Waals surface area contributed by atoms with Crippen LogP contribution in [0.4, 0.5) is 18.9 Å². The summed E-state index contributed by atoms with van der Waals surface area (Å²) < 4.78 is 92.5. The van der Waals surface area contributed by atoms with Gasteiger partial charge in [-0.05, 0) is 55.7 Å². The third-order valence-electron chi connectivity index (χ3n) is 7.84. The minimum absolute atomic E-state index is 0.112. The Bertz CT molecular complexity index is 1540. The van der Waals surface area contributed by atoms with Crippen molar-refractivity contribution in [2.75, 3.05) is 18.1 Å². The molecule has 4 unspecified atom stereocenters. The van der Waals surface area contributed by atoms with Crippen molar-refractivity contribution in [1.82, 2.24) is 4.72 Å². The van der Waals surface area contributed by atoms with E-state index in [-0.39, 0.29) is 23.4 Å². The van der Waals surface area contributed by atoms with Gasteiger partial charge in [0, 0.05) is 29.9 Å². The monoisotopic (exact) mass is 640 g/mol. The SMILES string of the molecule is CS(=O)(=O)NCC(O)C(O)[C@]1(O)C2CCC1C[C@@H](S(=O)(=O)c1cc(C(=O)Nc3cc(F)c(F)c(F)c3)ccc1Cl)C2. The van der Waals surface area contributed by atoms with Crippen molar-refractivity contribution in [2.45, 2.75) is 53.6 Å². The molecule has 2 aliphatic carbocycles. The topological polar surface area (TPSA) is 170 Å². The maximum atomic E-state index is 13.7. The fourth-order valence-electron chi connectivity index (χ4n) is 5.81. The van der Waals surface area contributed by atoms with Gasteiger partial charge in [-0.15, -0.1) is 0 Å². The minimum atomic E-state index is -4.22. The second-order valence-corrected chi connectivity index (χ2v) is 14.9. The molecule has 4 atom stereocenters. The summed E-state index contributed by atoms with van der Waals surface area (Å²) in [6, 6.07) is 4.48. The molecule has 2 aromatic carbocycles. The number of aliphatic hydroxyl groups is 3. The molecule has 2 bridgehead atoms. The van der Waals surface area contributed by atoms with E-state index in [9.17, 15) is 50.1 Å². The number of sulfone groups is 1. The lowest BCUT2D eigenvalue weighted by molar-refractivity contribution is -0.174. The van der Waals surface area contributed by atoms with Crippen LogP contribution >= 0.6 is 11.6 Å². The molecule has 2 aromatic rings. The lowest BCUT2D eigenvalue weighted by atomic mass is 9.70. The van der Waals surface area contributed by atoms with Gasteiger partial charge in [0.1, 0.15) is 6.10 Å². The third kappa shape index (κ3) is 6.26. The largest absolute Gasteiger partial charge is 0.389 e. The van der Waals surface area contributed by atoms with Crippen molar-refractivity contribution < 1.29 is 50.1 Å². The first kappa shape index (κ1) is 31.7. The summed E-state index contributed by atoms with van der Waals surface area (Å²) in [6.45, 7) is -0.550. The summed E-state index contributed by atoms with van der Waals surface area (Å²) in [4.78, 5) is 12.3. The summed E-state index contributed by atoms with van der Waals surface area (Å²) in [7, 11) is -7.90. The molecule has 2 fully saturated rings. The van der Waals surface area contributed by atoms with Gasteiger partial charge in [-0.1, -0.05) is 11.6 Å².